The third-order valence-corrected chi connectivity index (χ3v) is 3.61. The number of piperidine rings is 1. The number of halogens is 3. The van der Waals surface area contributed by atoms with E-state index >= 15 is 0 Å². The van der Waals surface area contributed by atoms with Crippen molar-refractivity contribution in [2.45, 2.75) is 37.9 Å². The maximum atomic E-state index is 12.1. The number of benzene rings is 1. The lowest BCUT2D eigenvalue weighted by molar-refractivity contribution is -0.136. The largest absolute Gasteiger partial charge is 0.491 e. The third-order valence-electron chi connectivity index (χ3n) is 3.61. The predicted octanol–water partition coefficient (Wildman–Crippen LogP) is 3.34. The van der Waals surface area contributed by atoms with Gasteiger partial charge in [0.1, 0.15) is 5.75 Å². The SMILES string of the molecule is NC1CCN(c2ccccc2OCCCC(F)(F)F)CC1. The molecule has 1 heterocycles. The van der Waals surface area contributed by atoms with Crippen LogP contribution >= 0.6 is 0 Å². The molecule has 1 aromatic carbocycles. The molecule has 0 bridgehead atoms. The lowest BCUT2D eigenvalue weighted by Crippen LogP contribution is -2.39. The quantitative estimate of drug-likeness (QED) is 0.848. The number of rotatable bonds is 5. The molecule has 0 spiro atoms. The van der Waals surface area contributed by atoms with Gasteiger partial charge in [-0.05, 0) is 31.4 Å². The van der Waals surface area contributed by atoms with Gasteiger partial charge in [-0.1, -0.05) is 12.1 Å². The molecule has 1 aliphatic rings. The monoisotopic (exact) mass is 302 g/mol. The minimum Gasteiger partial charge on any atom is -0.491 e. The Morgan fingerprint density at radius 1 is 1.19 bits per heavy atom. The van der Waals surface area contributed by atoms with Gasteiger partial charge in [0.15, 0.2) is 0 Å². The van der Waals surface area contributed by atoms with Gasteiger partial charge in [-0.2, -0.15) is 13.2 Å². The Balaban J connectivity index is 1.91. The average molecular weight is 302 g/mol. The summed E-state index contributed by atoms with van der Waals surface area (Å²) in [6, 6.07) is 7.72. The van der Waals surface area contributed by atoms with Gasteiger partial charge >= 0.3 is 6.18 Å². The summed E-state index contributed by atoms with van der Waals surface area (Å²) in [5, 5.41) is 0. The van der Waals surface area contributed by atoms with E-state index in [0.29, 0.717) is 5.75 Å². The summed E-state index contributed by atoms with van der Waals surface area (Å²) in [6.07, 6.45) is -3.12. The van der Waals surface area contributed by atoms with Gasteiger partial charge < -0.3 is 15.4 Å². The molecule has 0 atom stereocenters. The van der Waals surface area contributed by atoms with Crippen LogP contribution in [0.4, 0.5) is 18.9 Å². The zero-order chi connectivity index (χ0) is 15.3. The van der Waals surface area contributed by atoms with Crippen molar-refractivity contribution in [1.82, 2.24) is 0 Å². The topological polar surface area (TPSA) is 38.5 Å². The van der Waals surface area contributed by atoms with Crippen LogP contribution in [0.5, 0.6) is 5.75 Å². The van der Waals surface area contributed by atoms with E-state index in [1.165, 1.54) is 0 Å². The van der Waals surface area contributed by atoms with Crippen LogP contribution in [-0.4, -0.2) is 31.9 Å². The number of nitrogens with two attached hydrogens (primary N) is 1. The fourth-order valence-corrected chi connectivity index (χ4v) is 2.44. The Bertz CT molecular complexity index is 443. The van der Waals surface area contributed by atoms with Crippen molar-refractivity contribution in [2.24, 2.45) is 5.73 Å². The molecular weight excluding hydrogens is 281 g/mol. The smallest absolute Gasteiger partial charge is 0.389 e. The lowest BCUT2D eigenvalue weighted by atomic mass is 10.1. The summed E-state index contributed by atoms with van der Waals surface area (Å²) >= 11 is 0. The summed E-state index contributed by atoms with van der Waals surface area (Å²) in [7, 11) is 0. The number of para-hydroxylation sites is 2. The van der Waals surface area contributed by atoms with E-state index in [-0.39, 0.29) is 19.1 Å². The fraction of sp³-hybridized carbons (Fsp3) is 0.600. The van der Waals surface area contributed by atoms with E-state index in [0.717, 1.165) is 31.6 Å². The molecular formula is C15H21F3N2O. The second-order valence-corrected chi connectivity index (χ2v) is 5.36. The molecule has 0 amide bonds. The van der Waals surface area contributed by atoms with Crippen LogP contribution in [0.2, 0.25) is 0 Å². The van der Waals surface area contributed by atoms with E-state index < -0.39 is 12.6 Å². The van der Waals surface area contributed by atoms with Crippen LogP contribution < -0.4 is 15.4 Å². The highest BCUT2D eigenvalue weighted by Crippen LogP contribution is 2.30. The molecule has 0 aliphatic carbocycles. The molecule has 2 N–H and O–H groups in total. The summed E-state index contributed by atoms with van der Waals surface area (Å²) in [5.41, 5.74) is 6.83. The Kier molecular flexibility index (Phi) is 5.33. The first-order chi connectivity index (χ1) is 9.96. The number of nitrogens with zero attached hydrogens (tertiary/aromatic N) is 1. The molecule has 1 fully saturated rings. The predicted molar refractivity (Wildman–Crippen MR) is 76.6 cm³/mol. The molecule has 0 aromatic heterocycles. The molecule has 21 heavy (non-hydrogen) atoms. The Morgan fingerprint density at radius 2 is 1.86 bits per heavy atom. The van der Waals surface area contributed by atoms with Crippen molar-refractivity contribution >= 4 is 5.69 Å². The number of hydrogen-bond donors (Lipinski definition) is 1. The molecule has 0 saturated carbocycles. The van der Waals surface area contributed by atoms with E-state index in [1.54, 1.807) is 6.07 Å². The van der Waals surface area contributed by atoms with Gasteiger partial charge in [0, 0.05) is 25.6 Å². The molecule has 0 unspecified atom stereocenters. The Hall–Kier alpha value is -1.43. The van der Waals surface area contributed by atoms with E-state index in [1.807, 2.05) is 18.2 Å². The van der Waals surface area contributed by atoms with Crippen LogP contribution in [0.3, 0.4) is 0 Å². The summed E-state index contributed by atoms with van der Waals surface area (Å²) in [6.45, 7) is 1.78. The van der Waals surface area contributed by atoms with E-state index in [9.17, 15) is 13.2 Å². The Morgan fingerprint density at radius 3 is 2.52 bits per heavy atom. The molecule has 1 aliphatic heterocycles. The number of anilines is 1. The molecule has 118 valence electrons. The van der Waals surface area contributed by atoms with Gasteiger partial charge in [0.25, 0.3) is 0 Å². The maximum Gasteiger partial charge on any atom is 0.389 e. The molecule has 0 radical (unpaired) electrons. The second-order valence-electron chi connectivity index (χ2n) is 5.36. The van der Waals surface area contributed by atoms with Crippen LogP contribution in [0.15, 0.2) is 24.3 Å². The van der Waals surface area contributed by atoms with E-state index in [4.69, 9.17) is 10.5 Å². The van der Waals surface area contributed by atoms with Crippen molar-refractivity contribution in [3.63, 3.8) is 0 Å². The normalized spacial score (nSPS) is 17.0. The van der Waals surface area contributed by atoms with Crippen molar-refractivity contribution in [2.75, 3.05) is 24.6 Å². The molecule has 6 heteroatoms. The van der Waals surface area contributed by atoms with Crippen LogP contribution in [0, 0.1) is 0 Å². The third kappa shape index (κ3) is 5.12. The zero-order valence-electron chi connectivity index (χ0n) is 11.9. The lowest BCUT2D eigenvalue weighted by Gasteiger charge is -2.33. The zero-order valence-corrected chi connectivity index (χ0v) is 11.9. The summed E-state index contributed by atoms with van der Waals surface area (Å²) in [5.74, 6) is 0.648. The molecule has 2 rings (SSSR count). The van der Waals surface area contributed by atoms with Crippen molar-refractivity contribution in [3.05, 3.63) is 24.3 Å². The van der Waals surface area contributed by atoms with Crippen molar-refractivity contribution in [3.8, 4) is 5.75 Å². The van der Waals surface area contributed by atoms with Gasteiger partial charge in [-0.3, -0.25) is 0 Å². The first-order valence-electron chi connectivity index (χ1n) is 7.25. The minimum absolute atomic E-state index is 0.0251. The van der Waals surface area contributed by atoms with Crippen molar-refractivity contribution in [1.29, 1.82) is 0 Å². The minimum atomic E-state index is -4.12. The van der Waals surface area contributed by atoms with Gasteiger partial charge in [0.05, 0.1) is 12.3 Å². The molecule has 1 saturated heterocycles. The summed E-state index contributed by atoms with van der Waals surface area (Å²) < 4.78 is 41.9. The second kappa shape index (κ2) is 7.02. The van der Waals surface area contributed by atoms with Crippen molar-refractivity contribution < 1.29 is 17.9 Å². The number of alkyl halides is 3. The first-order valence-corrected chi connectivity index (χ1v) is 7.25. The molecule has 1 aromatic rings. The van der Waals surface area contributed by atoms with Gasteiger partial charge in [0.2, 0.25) is 0 Å². The highest BCUT2D eigenvalue weighted by atomic mass is 19.4. The standard InChI is InChI=1S/C15H21F3N2O/c16-15(17,18)8-3-11-21-14-5-2-1-4-13(14)20-9-6-12(19)7-10-20/h1-2,4-5,12H,3,6-11,19H2. The molecule has 3 nitrogen and oxygen atoms in total. The number of hydrogen-bond acceptors (Lipinski definition) is 3. The fourth-order valence-electron chi connectivity index (χ4n) is 2.44. The maximum absolute atomic E-state index is 12.1. The number of ether oxygens (including phenoxy) is 1. The first kappa shape index (κ1) is 15.9. The Labute approximate surface area is 122 Å². The highest BCUT2D eigenvalue weighted by Gasteiger charge is 2.26. The van der Waals surface area contributed by atoms with Gasteiger partial charge in [-0.15, -0.1) is 0 Å². The van der Waals surface area contributed by atoms with Crippen LogP contribution in [0.1, 0.15) is 25.7 Å². The van der Waals surface area contributed by atoms with Crippen LogP contribution in [0.25, 0.3) is 0 Å². The van der Waals surface area contributed by atoms with Crippen LogP contribution in [-0.2, 0) is 0 Å². The van der Waals surface area contributed by atoms with Gasteiger partial charge in [-0.25, -0.2) is 0 Å². The highest BCUT2D eigenvalue weighted by molar-refractivity contribution is 5.58. The van der Waals surface area contributed by atoms with E-state index in [2.05, 4.69) is 4.90 Å². The summed E-state index contributed by atoms with van der Waals surface area (Å²) in [4.78, 5) is 2.18. The average Bonchev–Trinajstić information content (AvgIpc) is 2.44.